The standard InChI is InChI=1S/C12H10Cl2N2/c1-7-11(6-15-8(2)16-7)10-4-3-9(13)5-12(10)14/h3-6H,1-2H3. The van der Waals surface area contributed by atoms with Crippen LogP contribution in [0, 0.1) is 13.8 Å². The van der Waals surface area contributed by atoms with Gasteiger partial charge in [-0.05, 0) is 26.0 Å². The first-order chi connectivity index (χ1) is 7.58. The Hall–Kier alpha value is -1.12. The van der Waals surface area contributed by atoms with Crippen molar-refractivity contribution in [3.63, 3.8) is 0 Å². The highest BCUT2D eigenvalue weighted by molar-refractivity contribution is 6.36. The van der Waals surface area contributed by atoms with Gasteiger partial charge in [0.25, 0.3) is 0 Å². The van der Waals surface area contributed by atoms with E-state index in [2.05, 4.69) is 9.97 Å². The molecule has 2 rings (SSSR count). The summed E-state index contributed by atoms with van der Waals surface area (Å²) in [6, 6.07) is 5.41. The van der Waals surface area contributed by atoms with Gasteiger partial charge in [0, 0.05) is 33.1 Å². The molecule has 1 heterocycles. The molecule has 0 aliphatic carbocycles. The van der Waals surface area contributed by atoms with Crippen LogP contribution in [0.2, 0.25) is 10.0 Å². The van der Waals surface area contributed by atoms with Crippen molar-refractivity contribution >= 4 is 23.2 Å². The lowest BCUT2D eigenvalue weighted by Gasteiger charge is -2.07. The van der Waals surface area contributed by atoms with E-state index in [0.717, 1.165) is 22.6 Å². The topological polar surface area (TPSA) is 25.8 Å². The number of hydrogen-bond donors (Lipinski definition) is 0. The van der Waals surface area contributed by atoms with E-state index >= 15 is 0 Å². The minimum Gasteiger partial charge on any atom is -0.241 e. The summed E-state index contributed by atoms with van der Waals surface area (Å²) in [6.07, 6.45) is 1.78. The van der Waals surface area contributed by atoms with Crippen molar-refractivity contribution in [1.29, 1.82) is 0 Å². The van der Waals surface area contributed by atoms with Crippen LogP contribution in [-0.2, 0) is 0 Å². The molecule has 0 saturated heterocycles. The van der Waals surface area contributed by atoms with E-state index in [1.807, 2.05) is 26.0 Å². The zero-order valence-corrected chi connectivity index (χ0v) is 10.5. The number of aryl methyl sites for hydroxylation is 2. The quantitative estimate of drug-likeness (QED) is 0.765. The van der Waals surface area contributed by atoms with Crippen molar-refractivity contribution in [2.45, 2.75) is 13.8 Å². The summed E-state index contributed by atoms with van der Waals surface area (Å²) in [6.45, 7) is 3.80. The second-order valence-corrected chi connectivity index (χ2v) is 4.38. The molecule has 0 saturated carbocycles. The molecule has 2 aromatic rings. The molecule has 1 aromatic carbocycles. The predicted octanol–water partition coefficient (Wildman–Crippen LogP) is 4.07. The van der Waals surface area contributed by atoms with Crippen molar-refractivity contribution in [1.82, 2.24) is 9.97 Å². The van der Waals surface area contributed by atoms with E-state index in [0.29, 0.717) is 10.0 Å². The number of halogens is 2. The van der Waals surface area contributed by atoms with Gasteiger partial charge in [0.15, 0.2) is 0 Å². The average Bonchev–Trinajstić information content (AvgIpc) is 2.19. The van der Waals surface area contributed by atoms with Gasteiger partial charge in [0.2, 0.25) is 0 Å². The van der Waals surface area contributed by atoms with Crippen LogP contribution in [0.3, 0.4) is 0 Å². The van der Waals surface area contributed by atoms with Gasteiger partial charge in [0.1, 0.15) is 5.82 Å². The third-order valence-corrected chi connectivity index (χ3v) is 2.87. The van der Waals surface area contributed by atoms with Crippen molar-refractivity contribution in [3.05, 3.63) is 46.0 Å². The fraction of sp³-hybridized carbons (Fsp3) is 0.167. The molecular weight excluding hydrogens is 243 g/mol. The molecule has 0 spiro atoms. The second kappa shape index (κ2) is 4.40. The molecule has 0 radical (unpaired) electrons. The fourth-order valence-corrected chi connectivity index (χ4v) is 2.07. The Morgan fingerprint density at radius 2 is 1.81 bits per heavy atom. The number of nitrogens with zero attached hydrogens (tertiary/aromatic N) is 2. The molecule has 2 nitrogen and oxygen atoms in total. The highest BCUT2D eigenvalue weighted by atomic mass is 35.5. The van der Waals surface area contributed by atoms with Crippen LogP contribution < -0.4 is 0 Å². The lowest BCUT2D eigenvalue weighted by molar-refractivity contribution is 1.01. The molecule has 0 aliphatic heterocycles. The Morgan fingerprint density at radius 3 is 2.44 bits per heavy atom. The van der Waals surface area contributed by atoms with Crippen LogP contribution in [0.1, 0.15) is 11.5 Å². The molecule has 0 aliphatic rings. The minimum atomic E-state index is 0.614. The number of aromatic nitrogens is 2. The normalized spacial score (nSPS) is 10.5. The molecule has 0 N–H and O–H groups in total. The molecule has 4 heteroatoms. The van der Waals surface area contributed by atoms with Gasteiger partial charge in [-0.15, -0.1) is 0 Å². The molecule has 0 amide bonds. The van der Waals surface area contributed by atoms with Gasteiger partial charge in [-0.25, -0.2) is 9.97 Å². The third kappa shape index (κ3) is 2.18. The van der Waals surface area contributed by atoms with Crippen LogP contribution in [0.15, 0.2) is 24.4 Å². The number of benzene rings is 1. The van der Waals surface area contributed by atoms with Crippen molar-refractivity contribution in [2.24, 2.45) is 0 Å². The molecule has 82 valence electrons. The maximum Gasteiger partial charge on any atom is 0.125 e. The fourth-order valence-electron chi connectivity index (χ4n) is 1.56. The van der Waals surface area contributed by atoms with Crippen LogP contribution in [0.4, 0.5) is 0 Å². The van der Waals surface area contributed by atoms with E-state index < -0.39 is 0 Å². The van der Waals surface area contributed by atoms with Gasteiger partial charge in [-0.3, -0.25) is 0 Å². The summed E-state index contributed by atoms with van der Waals surface area (Å²) < 4.78 is 0. The van der Waals surface area contributed by atoms with E-state index in [9.17, 15) is 0 Å². The largest absolute Gasteiger partial charge is 0.241 e. The van der Waals surface area contributed by atoms with Gasteiger partial charge >= 0.3 is 0 Å². The summed E-state index contributed by atoms with van der Waals surface area (Å²) in [5.41, 5.74) is 2.76. The van der Waals surface area contributed by atoms with Gasteiger partial charge in [-0.2, -0.15) is 0 Å². The summed E-state index contributed by atoms with van der Waals surface area (Å²) in [5.74, 6) is 0.756. The predicted molar refractivity (Wildman–Crippen MR) is 67.0 cm³/mol. The summed E-state index contributed by atoms with van der Waals surface area (Å²) in [4.78, 5) is 8.49. The summed E-state index contributed by atoms with van der Waals surface area (Å²) in [7, 11) is 0. The van der Waals surface area contributed by atoms with Gasteiger partial charge in [-0.1, -0.05) is 29.3 Å². The lowest BCUT2D eigenvalue weighted by Crippen LogP contribution is -1.94. The van der Waals surface area contributed by atoms with E-state index in [-0.39, 0.29) is 0 Å². The highest BCUT2D eigenvalue weighted by Gasteiger charge is 2.08. The maximum absolute atomic E-state index is 6.14. The molecule has 0 atom stereocenters. The monoisotopic (exact) mass is 252 g/mol. The highest BCUT2D eigenvalue weighted by Crippen LogP contribution is 2.31. The molecule has 1 aromatic heterocycles. The Kier molecular flexibility index (Phi) is 3.13. The zero-order chi connectivity index (χ0) is 11.7. The van der Waals surface area contributed by atoms with E-state index in [1.54, 1.807) is 12.3 Å². The molecule has 0 unspecified atom stereocenters. The van der Waals surface area contributed by atoms with Crippen molar-refractivity contribution in [3.8, 4) is 11.1 Å². The Labute approximate surface area is 104 Å². The van der Waals surface area contributed by atoms with Crippen LogP contribution in [0.25, 0.3) is 11.1 Å². The third-order valence-electron chi connectivity index (χ3n) is 2.32. The van der Waals surface area contributed by atoms with Crippen LogP contribution in [0.5, 0.6) is 0 Å². The summed E-state index contributed by atoms with van der Waals surface area (Å²) >= 11 is 12.0. The van der Waals surface area contributed by atoms with Crippen molar-refractivity contribution < 1.29 is 0 Å². The van der Waals surface area contributed by atoms with Crippen molar-refractivity contribution in [2.75, 3.05) is 0 Å². The number of rotatable bonds is 1. The Bertz CT molecular complexity index is 489. The smallest absolute Gasteiger partial charge is 0.125 e. The van der Waals surface area contributed by atoms with Gasteiger partial charge in [0.05, 0.1) is 0 Å². The first-order valence-electron chi connectivity index (χ1n) is 4.83. The zero-order valence-electron chi connectivity index (χ0n) is 8.96. The molecular formula is C12H10Cl2N2. The minimum absolute atomic E-state index is 0.614. The van der Waals surface area contributed by atoms with Crippen LogP contribution >= 0.6 is 23.2 Å². The Morgan fingerprint density at radius 1 is 1.06 bits per heavy atom. The van der Waals surface area contributed by atoms with Crippen LogP contribution in [-0.4, -0.2) is 9.97 Å². The lowest BCUT2D eigenvalue weighted by atomic mass is 10.1. The van der Waals surface area contributed by atoms with E-state index in [1.165, 1.54) is 0 Å². The second-order valence-electron chi connectivity index (χ2n) is 3.54. The van der Waals surface area contributed by atoms with Gasteiger partial charge < -0.3 is 0 Å². The Balaban J connectivity index is 2.59. The first kappa shape index (κ1) is 11.4. The molecule has 16 heavy (non-hydrogen) atoms. The molecule has 0 bridgehead atoms. The average molecular weight is 253 g/mol. The first-order valence-corrected chi connectivity index (χ1v) is 5.59. The number of hydrogen-bond acceptors (Lipinski definition) is 2. The van der Waals surface area contributed by atoms with E-state index in [4.69, 9.17) is 23.2 Å². The molecule has 0 fully saturated rings. The SMILES string of the molecule is Cc1ncc(-c2ccc(Cl)cc2Cl)c(C)n1. The maximum atomic E-state index is 6.14. The summed E-state index contributed by atoms with van der Waals surface area (Å²) in [5, 5.41) is 1.24.